The van der Waals surface area contributed by atoms with Crippen molar-refractivity contribution in [3.63, 3.8) is 0 Å². The summed E-state index contributed by atoms with van der Waals surface area (Å²) in [5, 5.41) is 8.06. The Kier molecular flexibility index (Phi) is 4.72. The van der Waals surface area contributed by atoms with E-state index in [9.17, 15) is 13.2 Å². The normalized spacial score (nSPS) is 14.4. The van der Waals surface area contributed by atoms with Gasteiger partial charge in [0.05, 0.1) is 16.9 Å². The molecule has 0 amide bonds. The van der Waals surface area contributed by atoms with E-state index < -0.39 is 11.7 Å². The van der Waals surface area contributed by atoms with Crippen LogP contribution in [0.1, 0.15) is 24.0 Å². The van der Waals surface area contributed by atoms with Gasteiger partial charge in [-0.2, -0.15) is 18.3 Å². The van der Waals surface area contributed by atoms with Gasteiger partial charge in [0.2, 0.25) is 0 Å². The third kappa shape index (κ3) is 3.60. The summed E-state index contributed by atoms with van der Waals surface area (Å²) in [6.45, 7) is 0.775. The maximum atomic E-state index is 13.1. The molecule has 0 radical (unpaired) electrons. The van der Waals surface area contributed by atoms with Crippen molar-refractivity contribution in [1.29, 1.82) is 0 Å². The highest BCUT2D eigenvalue weighted by Gasteiger charge is 2.31. The Morgan fingerprint density at radius 3 is 2.56 bits per heavy atom. The summed E-state index contributed by atoms with van der Waals surface area (Å²) < 4.78 is 42.0. The highest BCUT2D eigenvalue weighted by atomic mass is 79.9. The second kappa shape index (κ2) is 7.03. The molecule has 0 aliphatic carbocycles. The summed E-state index contributed by atoms with van der Waals surface area (Å²) in [7, 11) is 0. The molecule has 1 aliphatic rings. The Bertz CT molecular complexity index is 962. The van der Waals surface area contributed by atoms with Crippen LogP contribution in [-0.2, 0) is 12.6 Å². The Morgan fingerprint density at radius 2 is 1.81 bits per heavy atom. The van der Waals surface area contributed by atoms with Crippen LogP contribution in [0, 0.1) is 0 Å². The lowest BCUT2D eigenvalue weighted by molar-refractivity contribution is -0.137. The number of aromatic nitrogens is 2. The minimum Gasteiger partial charge on any atom is -0.370 e. The average Bonchev–Trinajstić information content (AvgIpc) is 2.83. The lowest BCUT2D eigenvalue weighted by atomic mass is 10.0. The number of nitrogens with one attached hydrogen (secondary N) is 1. The molecule has 0 atom stereocenters. The number of anilines is 1. The van der Waals surface area contributed by atoms with Gasteiger partial charge in [0, 0.05) is 22.1 Å². The summed E-state index contributed by atoms with van der Waals surface area (Å²) >= 11 is 3.43. The van der Waals surface area contributed by atoms with Crippen molar-refractivity contribution in [1.82, 2.24) is 9.78 Å². The van der Waals surface area contributed by atoms with Gasteiger partial charge in [0.15, 0.2) is 0 Å². The maximum absolute atomic E-state index is 13.1. The van der Waals surface area contributed by atoms with E-state index in [0.29, 0.717) is 5.69 Å². The number of alkyl halides is 3. The minimum atomic E-state index is -4.39. The zero-order valence-electron chi connectivity index (χ0n) is 14.4. The topological polar surface area (TPSA) is 29.9 Å². The predicted molar refractivity (Wildman–Crippen MR) is 103 cm³/mol. The Balaban J connectivity index is 1.88. The van der Waals surface area contributed by atoms with Gasteiger partial charge in [-0.3, -0.25) is 0 Å². The molecule has 0 unspecified atom stereocenters. The highest BCUT2D eigenvalue weighted by molar-refractivity contribution is 9.10. The van der Waals surface area contributed by atoms with Crippen LogP contribution in [0.5, 0.6) is 0 Å². The first kappa shape index (κ1) is 18.1. The standard InChI is InChI=1S/C20H17BrF3N3/c21-15-9-7-13(8-10-15)18-17-6-1-2-11-25-19(17)27(26-18)16-5-3-4-14(12-16)20(22,23)24/h3-5,7-10,12,25H,1-2,6,11H2. The number of hydrogen-bond donors (Lipinski definition) is 1. The monoisotopic (exact) mass is 435 g/mol. The van der Waals surface area contributed by atoms with Crippen LogP contribution in [0.4, 0.5) is 19.0 Å². The molecule has 1 N–H and O–H groups in total. The second-order valence-electron chi connectivity index (χ2n) is 6.53. The number of fused-ring (bicyclic) bond motifs is 1. The molecule has 27 heavy (non-hydrogen) atoms. The summed E-state index contributed by atoms with van der Waals surface area (Å²) in [6, 6.07) is 13.1. The van der Waals surface area contributed by atoms with Crippen molar-refractivity contribution < 1.29 is 13.2 Å². The van der Waals surface area contributed by atoms with Crippen LogP contribution in [-0.4, -0.2) is 16.3 Å². The largest absolute Gasteiger partial charge is 0.416 e. The zero-order chi connectivity index (χ0) is 19.0. The summed E-state index contributed by atoms with van der Waals surface area (Å²) in [5.74, 6) is 0.782. The van der Waals surface area contributed by atoms with Crippen LogP contribution in [0.2, 0.25) is 0 Å². The average molecular weight is 436 g/mol. The molecule has 1 aromatic heterocycles. The molecule has 4 rings (SSSR count). The fraction of sp³-hybridized carbons (Fsp3) is 0.250. The number of nitrogens with zero attached hydrogens (tertiary/aromatic N) is 2. The van der Waals surface area contributed by atoms with Gasteiger partial charge in [0.25, 0.3) is 0 Å². The highest BCUT2D eigenvalue weighted by Crippen LogP contribution is 2.36. The Morgan fingerprint density at radius 1 is 1.04 bits per heavy atom. The molecule has 2 aromatic carbocycles. The molecule has 140 valence electrons. The third-order valence-corrected chi connectivity index (χ3v) is 5.19. The van der Waals surface area contributed by atoms with Gasteiger partial charge in [-0.1, -0.05) is 34.1 Å². The van der Waals surface area contributed by atoms with E-state index in [4.69, 9.17) is 5.10 Å². The first-order chi connectivity index (χ1) is 12.9. The first-order valence-electron chi connectivity index (χ1n) is 8.73. The molecular weight excluding hydrogens is 419 g/mol. The summed E-state index contributed by atoms with van der Waals surface area (Å²) in [4.78, 5) is 0. The quantitative estimate of drug-likeness (QED) is 0.529. The summed E-state index contributed by atoms with van der Waals surface area (Å²) in [5.41, 5.74) is 2.53. The molecule has 3 aromatic rings. The van der Waals surface area contributed by atoms with Crippen molar-refractivity contribution in [3.05, 3.63) is 64.1 Å². The molecule has 3 nitrogen and oxygen atoms in total. The molecule has 2 heterocycles. The molecule has 0 saturated heterocycles. The number of hydrogen-bond acceptors (Lipinski definition) is 2. The minimum absolute atomic E-state index is 0.402. The lowest BCUT2D eigenvalue weighted by Gasteiger charge is -2.12. The second-order valence-corrected chi connectivity index (χ2v) is 7.44. The molecule has 7 heteroatoms. The maximum Gasteiger partial charge on any atom is 0.416 e. The van der Waals surface area contributed by atoms with Gasteiger partial charge in [0.1, 0.15) is 5.82 Å². The zero-order valence-corrected chi connectivity index (χ0v) is 15.9. The van der Waals surface area contributed by atoms with Gasteiger partial charge in [-0.05, 0) is 49.6 Å². The predicted octanol–water partition coefficient (Wildman–Crippen LogP) is 6.07. The SMILES string of the molecule is FC(F)(F)c1cccc(-n2nc(-c3ccc(Br)cc3)c3c2NCCCC3)c1. The van der Waals surface area contributed by atoms with Crippen LogP contribution < -0.4 is 5.32 Å². The van der Waals surface area contributed by atoms with Crippen LogP contribution in [0.15, 0.2) is 53.0 Å². The van der Waals surface area contributed by atoms with Crippen molar-refractivity contribution in [3.8, 4) is 16.9 Å². The van der Waals surface area contributed by atoms with Crippen LogP contribution >= 0.6 is 15.9 Å². The first-order valence-corrected chi connectivity index (χ1v) is 9.52. The van der Waals surface area contributed by atoms with Crippen LogP contribution in [0.25, 0.3) is 16.9 Å². The van der Waals surface area contributed by atoms with Gasteiger partial charge < -0.3 is 5.32 Å². The number of halogens is 4. The fourth-order valence-corrected chi connectivity index (χ4v) is 3.61. The number of benzene rings is 2. The van der Waals surface area contributed by atoms with E-state index in [-0.39, 0.29) is 0 Å². The van der Waals surface area contributed by atoms with Crippen molar-refractivity contribution in [2.75, 3.05) is 11.9 Å². The van der Waals surface area contributed by atoms with Crippen LogP contribution in [0.3, 0.4) is 0 Å². The Hall–Kier alpha value is -2.28. The molecule has 0 bridgehead atoms. The van der Waals surface area contributed by atoms with E-state index in [0.717, 1.165) is 65.1 Å². The lowest BCUT2D eigenvalue weighted by Crippen LogP contribution is -2.09. The van der Waals surface area contributed by atoms with Gasteiger partial charge in [-0.25, -0.2) is 4.68 Å². The smallest absolute Gasteiger partial charge is 0.370 e. The van der Waals surface area contributed by atoms with E-state index >= 15 is 0 Å². The van der Waals surface area contributed by atoms with E-state index in [1.54, 1.807) is 10.7 Å². The molecular formula is C20H17BrF3N3. The van der Waals surface area contributed by atoms with Gasteiger partial charge >= 0.3 is 6.18 Å². The van der Waals surface area contributed by atoms with E-state index in [1.807, 2.05) is 24.3 Å². The molecule has 0 fully saturated rings. The van der Waals surface area contributed by atoms with Gasteiger partial charge in [-0.15, -0.1) is 0 Å². The van der Waals surface area contributed by atoms with E-state index in [1.165, 1.54) is 6.07 Å². The van der Waals surface area contributed by atoms with Crippen molar-refractivity contribution >= 4 is 21.7 Å². The molecule has 0 spiro atoms. The fourth-order valence-electron chi connectivity index (χ4n) is 3.34. The third-order valence-electron chi connectivity index (χ3n) is 4.67. The molecule has 1 aliphatic heterocycles. The van der Waals surface area contributed by atoms with Crippen molar-refractivity contribution in [2.24, 2.45) is 0 Å². The number of rotatable bonds is 2. The van der Waals surface area contributed by atoms with E-state index in [2.05, 4.69) is 21.2 Å². The Labute approximate surface area is 163 Å². The summed E-state index contributed by atoms with van der Waals surface area (Å²) in [6.07, 6.45) is -1.52. The molecule has 0 saturated carbocycles. The van der Waals surface area contributed by atoms with Crippen molar-refractivity contribution in [2.45, 2.75) is 25.4 Å².